The molecule has 0 saturated carbocycles. The van der Waals surface area contributed by atoms with Crippen LogP contribution in [0.25, 0.3) is 45.6 Å². The van der Waals surface area contributed by atoms with Crippen LogP contribution in [0, 0.1) is 80.9 Å². The maximum Gasteiger partial charge on any atom is 0.381 e. The SMILES string of the molecule is O=[N+]([O-])C1=C([N+](=O)[O-])c2nc1c([N+](=O)[O-])c1[nH]c(cc3nc(cc4[nH]c(c2[N+](=O)[O-])c([N+](=O)[O-])c4[N+](=O)[O-])C=C3)c([N+](=O)[O-])c1[N+](=O)[O-]. The first-order chi connectivity index (χ1) is 22.5. The maximum absolute atomic E-state index is 12.4. The van der Waals surface area contributed by atoms with Crippen molar-refractivity contribution in [1.29, 1.82) is 0 Å². The van der Waals surface area contributed by atoms with E-state index in [1.54, 1.807) is 0 Å². The molecule has 3 aromatic rings. The molecule has 242 valence electrons. The molecule has 2 N–H and O–H groups in total. The van der Waals surface area contributed by atoms with E-state index in [2.05, 4.69) is 9.97 Å². The van der Waals surface area contributed by atoms with E-state index in [-0.39, 0.29) is 11.4 Å². The van der Waals surface area contributed by atoms with Gasteiger partial charge in [0.15, 0.2) is 0 Å². The fraction of sp³-hybridized carbons (Fsp3) is 0. The van der Waals surface area contributed by atoms with Gasteiger partial charge in [0.25, 0.3) is 0 Å². The molecule has 0 spiro atoms. The Labute approximate surface area is 255 Å². The van der Waals surface area contributed by atoms with Crippen LogP contribution in [0.5, 0.6) is 0 Å². The minimum Gasteiger partial charge on any atom is -0.338 e. The van der Waals surface area contributed by atoms with Crippen molar-refractivity contribution in [3.8, 4) is 0 Å². The molecule has 2 aliphatic heterocycles. The van der Waals surface area contributed by atoms with Gasteiger partial charge in [-0.25, -0.2) is 9.97 Å². The Hall–Kier alpha value is -8.20. The number of aromatic amines is 2. The summed E-state index contributed by atoms with van der Waals surface area (Å²) < 4.78 is 0. The highest BCUT2D eigenvalue weighted by atomic mass is 16.7. The quantitative estimate of drug-likeness (QED) is 0.200. The van der Waals surface area contributed by atoms with E-state index in [4.69, 9.17) is 0 Å². The smallest absolute Gasteiger partial charge is 0.338 e. The lowest BCUT2D eigenvalue weighted by Crippen LogP contribution is -2.07. The van der Waals surface area contributed by atoms with Crippen molar-refractivity contribution in [1.82, 2.24) is 19.9 Å². The van der Waals surface area contributed by atoms with Gasteiger partial charge in [-0.3, -0.25) is 80.9 Å². The molecule has 5 heterocycles. The van der Waals surface area contributed by atoms with Crippen LogP contribution in [-0.4, -0.2) is 59.3 Å². The third kappa shape index (κ3) is 4.66. The molecule has 0 atom stereocenters. The van der Waals surface area contributed by atoms with Gasteiger partial charge in [0.1, 0.15) is 11.0 Å². The third-order valence-corrected chi connectivity index (χ3v) is 6.50. The predicted octanol–water partition coefficient (Wildman–Crippen LogP) is 3.31. The number of rotatable bonds is 8. The number of nitrogens with one attached hydrogen (secondary N) is 2. The zero-order valence-electron chi connectivity index (χ0n) is 22.3. The van der Waals surface area contributed by atoms with E-state index >= 15 is 0 Å². The Morgan fingerprint density at radius 1 is 0.417 bits per heavy atom. The molecule has 3 aromatic heterocycles. The predicted molar refractivity (Wildman–Crippen MR) is 151 cm³/mol. The molecule has 2 aliphatic rings. The van der Waals surface area contributed by atoms with Crippen molar-refractivity contribution in [2.45, 2.75) is 0 Å². The van der Waals surface area contributed by atoms with Crippen molar-refractivity contribution in [2.24, 2.45) is 0 Å². The second kappa shape index (κ2) is 10.8. The summed E-state index contributed by atoms with van der Waals surface area (Å²) in [5, 5.41) is 97.2. The van der Waals surface area contributed by atoms with E-state index in [1.165, 1.54) is 0 Å². The lowest BCUT2D eigenvalue weighted by Gasteiger charge is -1.95. The van der Waals surface area contributed by atoms with Crippen molar-refractivity contribution in [3.63, 3.8) is 0 Å². The Morgan fingerprint density at radius 3 is 1.00 bits per heavy atom. The zero-order chi connectivity index (χ0) is 35.5. The lowest BCUT2D eigenvalue weighted by atomic mass is 10.2. The highest BCUT2D eigenvalue weighted by Gasteiger charge is 2.51. The molecule has 28 nitrogen and oxygen atoms in total. The van der Waals surface area contributed by atoms with Gasteiger partial charge in [0.05, 0.1) is 50.8 Å². The Bertz CT molecular complexity index is 2230. The summed E-state index contributed by atoms with van der Waals surface area (Å²) in [7, 11) is 0. The number of hydrogen-bond donors (Lipinski definition) is 2. The number of aromatic nitrogens is 4. The molecule has 0 radical (unpaired) electrons. The summed E-state index contributed by atoms with van der Waals surface area (Å²) in [5.41, 5.74) is -23.1. The molecule has 0 aliphatic carbocycles. The van der Waals surface area contributed by atoms with Crippen LogP contribution >= 0.6 is 0 Å². The number of H-pyrrole nitrogens is 2. The maximum atomic E-state index is 12.4. The van der Waals surface area contributed by atoms with Gasteiger partial charge >= 0.3 is 45.5 Å². The second-order valence-corrected chi connectivity index (χ2v) is 9.07. The first-order valence-corrected chi connectivity index (χ1v) is 11.9. The van der Waals surface area contributed by atoms with Crippen molar-refractivity contribution in [3.05, 3.63) is 116 Å². The van der Waals surface area contributed by atoms with Crippen LogP contribution in [0.3, 0.4) is 0 Å². The van der Waals surface area contributed by atoms with E-state index in [0.717, 1.165) is 24.3 Å². The van der Waals surface area contributed by atoms with Gasteiger partial charge in [-0.05, 0) is 24.3 Å². The van der Waals surface area contributed by atoms with Crippen molar-refractivity contribution < 1.29 is 39.4 Å². The lowest BCUT2D eigenvalue weighted by molar-refractivity contribution is -0.420. The van der Waals surface area contributed by atoms with E-state index in [1.807, 2.05) is 9.97 Å². The third-order valence-electron chi connectivity index (χ3n) is 6.50. The van der Waals surface area contributed by atoms with Gasteiger partial charge < -0.3 is 9.97 Å². The monoisotopic (exact) mass is 670 g/mol. The average molecular weight is 670 g/mol. The Balaban J connectivity index is 2.30. The van der Waals surface area contributed by atoms with Gasteiger partial charge in [0, 0.05) is 0 Å². The highest BCUT2D eigenvalue weighted by molar-refractivity contribution is 6.01. The standard InChI is InChI=1S/C20H6N12O16/c33-25(34)13-7-3-5-1-2-6(21-5)4-8-14(26(35)36)18(30(43)44)10(23-8)16(28(39)40)12-20(32(47)48)19(31(45)46)11(24-12)15(27(37)38)9(22-7)17(13)29(41)42/h1-4,22-23H. The first kappa shape index (κ1) is 31.2. The van der Waals surface area contributed by atoms with Crippen LogP contribution in [0.15, 0.2) is 12.1 Å². The molecule has 0 fully saturated rings. The van der Waals surface area contributed by atoms with Crippen LogP contribution in [0.4, 0.5) is 34.1 Å². The molecule has 28 heteroatoms. The largest absolute Gasteiger partial charge is 0.381 e. The molecule has 0 unspecified atom stereocenters. The van der Waals surface area contributed by atoms with Gasteiger partial charge in [-0.2, -0.15) is 0 Å². The molecule has 0 saturated heterocycles. The molecule has 8 bridgehead atoms. The first-order valence-electron chi connectivity index (χ1n) is 11.9. The molecule has 5 rings (SSSR count). The Kier molecular flexibility index (Phi) is 7.00. The van der Waals surface area contributed by atoms with Crippen molar-refractivity contribution in [2.75, 3.05) is 0 Å². The topological polar surface area (TPSA) is 402 Å². The number of hydrogen-bond acceptors (Lipinski definition) is 18. The van der Waals surface area contributed by atoms with Crippen molar-refractivity contribution >= 4 is 79.7 Å². The van der Waals surface area contributed by atoms with Crippen LogP contribution in [-0.2, 0) is 0 Å². The van der Waals surface area contributed by atoms with E-state index in [0.29, 0.717) is 0 Å². The van der Waals surface area contributed by atoms with Gasteiger partial charge in [-0.1, -0.05) is 0 Å². The van der Waals surface area contributed by atoms with E-state index < -0.39 is 118 Å². The Morgan fingerprint density at radius 2 is 0.729 bits per heavy atom. The van der Waals surface area contributed by atoms with Gasteiger partial charge in [0.2, 0.25) is 22.4 Å². The summed E-state index contributed by atoms with van der Waals surface area (Å²) in [6.07, 6.45) is 2.13. The van der Waals surface area contributed by atoms with Crippen LogP contribution < -0.4 is 0 Å². The van der Waals surface area contributed by atoms with E-state index in [9.17, 15) is 80.9 Å². The number of nitro groups is 8. The molecule has 48 heavy (non-hydrogen) atoms. The fourth-order valence-corrected chi connectivity index (χ4v) is 4.84. The minimum absolute atomic E-state index is 0.321. The summed E-state index contributed by atoms with van der Waals surface area (Å²) in [5.74, 6) is 0. The molecular formula is C20H6N12O16. The normalized spacial score (nSPS) is 12.1. The number of fused-ring (bicyclic) bond motifs is 8. The molecular weight excluding hydrogens is 664 g/mol. The van der Waals surface area contributed by atoms with Gasteiger partial charge in [-0.15, -0.1) is 0 Å². The fourth-order valence-electron chi connectivity index (χ4n) is 4.84. The molecule has 0 amide bonds. The second-order valence-electron chi connectivity index (χ2n) is 9.07. The minimum atomic E-state index is -2.01. The summed E-state index contributed by atoms with van der Waals surface area (Å²) in [6, 6.07) is 1.46. The summed E-state index contributed by atoms with van der Waals surface area (Å²) >= 11 is 0. The molecule has 0 aromatic carbocycles. The van der Waals surface area contributed by atoms with Crippen LogP contribution in [0.1, 0.15) is 22.8 Å². The summed E-state index contributed by atoms with van der Waals surface area (Å²) in [6.45, 7) is 0. The zero-order valence-corrected chi connectivity index (χ0v) is 22.3. The highest BCUT2D eigenvalue weighted by Crippen LogP contribution is 2.47. The average Bonchev–Trinajstić information content (AvgIpc) is 3.72. The number of nitrogens with zero attached hydrogens (tertiary/aromatic N) is 10. The summed E-state index contributed by atoms with van der Waals surface area (Å²) in [4.78, 5) is 96.0. The van der Waals surface area contributed by atoms with Crippen LogP contribution in [0.2, 0.25) is 0 Å².